The van der Waals surface area contributed by atoms with Crippen molar-refractivity contribution in [2.24, 2.45) is 0 Å². The number of imide groups is 2. The minimum atomic E-state index is -1.06. The standard InChI is InChI=1S/C18H11N3O9/c22-12-6-13(23)11(21(27)28)4-8(12)3-10-16(24)19-18(26)20(17(10)25)9-1-2-14-15(5-9)30-7-29-14/h1-6,22-23H,7H2,(H,19,24,26)/b10-3+. The maximum atomic E-state index is 12.9. The highest BCUT2D eigenvalue weighted by Crippen LogP contribution is 2.37. The van der Waals surface area contributed by atoms with Crippen LogP contribution in [0.3, 0.4) is 0 Å². The van der Waals surface area contributed by atoms with Crippen LogP contribution >= 0.6 is 0 Å². The van der Waals surface area contributed by atoms with E-state index in [0.717, 1.165) is 12.1 Å². The molecule has 152 valence electrons. The smallest absolute Gasteiger partial charge is 0.335 e. The lowest BCUT2D eigenvalue weighted by Gasteiger charge is -2.26. The number of anilines is 1. The molecular weight excluding hydrogens is 402 g/mol. The molecule has 4 amide bonds. The molecule has 0 bridgehead atoms. The maximum Gasteiger partial charge on any atom is 0.335 e. The van der Waals surface area contributed by atoms with Crippen molar-refractivity contribution in [1.29, 1.82) is 0 Å². The molecule has 30 heavy (non-hydrogen) atoms. The van der Waals surface area contributed by atoms with Gasteiger partial charge in [0.2, 0.25) is 6.79 Å². The van der Waals surface area contributed by atoms with E-state index in [2.05, 4.69) is 0 Å². The zero-order valence-electron chi connectivity index (χ0n) is 14.8. The van der Waals surface area contributed by atoms with Crippen molar-refractivity contribution in [1.82, 2.24) is 5.32 Å². The van der Waals surface area contributed by atoms with E-state index in [1.807, 2.05) is 5.32 Å². The highest BCUT2D eigenvalue weighted by Gasteiger charge is 2.37. The zero-order valence-corrected chi connectivity index (χ0v) is 14.8. The Bertz CT molecular complexity index is 1170. The first-order valence-electron chi connectivity index (χ1n) is 8.27. The van der Waals surface area contributed by atoms with Gasteiger partial charge in [-0.25, -0.2) is 9.69 Å². The summed E-state index contributed by atoms with van der Waals surface area (Å²) >= 11 is 0. The highest BCUT2D eigenvalue weighted by molar-refractivity contribution is 6.39. The number of nitro benzene ring substituents is 1. The third-order valence-corrected chi connectivity index (χ3v) is 4.34. The predicted molar refractivity (Wildman–Crippen MR) is 98.0 cm³/mol. The van der Waals surface area contributed by atoms with E-state index in [4.69, 9.17) is 9.47 Å². The minimum Gasteiger partial charge on any atom is -0.507 e. The third kappa shape index (κ3) is 3.01. The normalized spacial score (nSPS) is 16.7. The van der Waals surface area contributed by atoms with E-state index in [-0.39, 0.29) is 18.0 Å². The van der Waals surface area contributed by atoms with E-state index >= 15 is 0 Å². The fraction of sp³-hybridized carbons (Fsp3) is 0.0556. The van der Waals surface area contributed by atoms with Crippen LogP contribution in [0.4, 0.5) is 16.2 Å². The van der Waals surface area contributed by atoms with Crippen molar-refractivity contribution in [3.63, 3.8) is 0 Å². The van der Waals surface area contributed by atoms with Gasteiger partial charge in [0.15, 0.2) is 17.2 Å². The first kappa shape index (κ1) is 18.7. The second-order valence-electron chi connectivity index (χ2n) is 6.15. The van der Waals surface area contributed by atoms with Crippen molar-refractivity contribution in [3.05, 3.63) is 51.6 Å². The van der Waals surface area contributed by atoms with Gasteiger partial charge in [-0.15, -0.1) is 0 Å². The fourth-order valence-electron chi connectivity index (χ4n) is 2.92. The van der Waals surface area contributed by atoms with Crippen molar-refractivity contribution in [2.45, 2.75) is 0 Å². The van der Waals surface area contributed by atoms with Gasteiger partial charge >= 0.3 is 11.7 Å². The Hall–Kier alpha value is -4.61. The lowest BCUT2D eigenvalue weighted by molar-refractivity contribution is -0.385. The molecule has 4 rings (SSSR count). The molecule has 12 nitrogen and oxygen atoms in total. The predicted octanol–water partition coefficient (Wildman–Crippen LogP) is 1.40. The minimum absolute atomic E-state index is 0.0263. The van der Waals surface area contributed by atoms with Crippen LogP contribution < -0.4 is 19.7 Å². The Morgan fingerprint density at radius 3 is 2.53 bits per heavy atom. The van der Waals surface area contributed by atoms with Gasteiger partial charge < -0.3 is 19.7 Å². The molecule has 2 heterocycles. The molecule has 0 atom stereocenters. The Morgan fingerprint density at radius 1 is 1.07 bits per heavy atom. The molecule has 0 unspecified atom stereocenters. The average molecular weight is 413 g/mol. The van der Waals surface area contributed by atoms with Gasteiger partial charge in [0.25, 0.3) is 11.8 Å². The summed E-state index contributed by atoms with van der Waals surface area (Å²) in [4.78, 5) is 48.1. The summed E-state index contributed by atoms with van der Waals surface area (Å²) in [6.07, 6.45) is 0.881. The van der Waals surface area contributed by atoms with Gasteiger partial charge in [0.05, 0.1) is 10.6 Å². The fourth-order valence-corrected chi connectivity index (χ4v) is 2.92. The van der Waals surface area contributed by atoms with Crippen LogP contribution in [0.5, 0.6) is 23.0 Å². The number of hydrogen-bond donors (Lipinski definition) is 3. The molecule has 2 aliphatic heterocycles. The summed E-state index contributed by atoms with van der Waals surface area (Å²) in [6.45, 7) is -0.0263. The molecule has 2 aromatic carbocycles. The molecule has 12 heteroatoms. The molecule has 0 aromatic heterocycles. The Balaban J connectivity index is 1.76. The molecule has 0 aliphatic carbocycles. The summed E-state index contributed by atoms with van der Waals surface area (Å²) < 4.78 is 10.4. The number of carbonyl (C=O) groups is 3. The number of nitro groups is 1. The Morgan fingerprint density at radius 2 is 1.80 bits per heavy atom. The number of barbiturate groups is 1. The van der Waals surface area contributed by atoms with Gasteiger partial charge in [0.1, 0.15) is 11.3 Å². The topological polar surface area (TPSA) is 169 Å². The average Bonchev–Trinajstić information content (AvgIpc) is 3.14. The number of phenols is 2. The van der Waals surface area contributed by atoms with Gasteiger partial charge in [0, 0.05) is 23.8 Å². The van der Waals surface area contributed by atoms with Crippen LogP contribution in [0.25, 0.3) is 6.08 Å². The van der Waals surface area contributed by atoms with Crippen molar-refractivity contribution in [2.75, 3.05) is 11.7 Å². The SMILES string of the molecule is O=C1NC(=O)N(c2ccc3c(c2)OCO3)C(=O)/C1=C/c1cc([N+](=O)[O-])c(O)cc1O. The maximum absolute atomic E-state index is 12.9. The van der Waals surface area contributed by atoms with Crippen LogP contribution in [0.15, 0.2) is 35.9 Å². The zero-order chi connectivity index (χ0) is 21.6. The number of benzene rings is 2. The third-order valence-electron chi connectivity index (χ3n) is 4.34. The number of fused-ring (bicyclic) bond motifs is 1. The van der Waals surface area contributed by atoms with Gasteiger partial charge in [-0.05, 0) is 18.2 Å². The Labute approximate surface area is 166 Å². The number of rotatable bonds is 3. The molecular formula is C18H11N3O9. The Kier molecular flexibility index (Phi) is 4.23. The van der Waals surface area contributed by atoms with E-state index in [9.17, 15) is 34.7 Å². The summed E-state index contributed by atoms with van der Waals surface area (Å²) in [6, 6.07) is 4.74. The largest absolute Gasteiger partial charge is 0.507 e. The lowest BCUT2D eigenvalue weighted by Crippen LogP contribution is -2.54. The summed E-state index contributed by atoms with van der Waals surface area (Å²) in [5, 5.41) is 32.5. The van der Waals surface area contributed by atoms with Crippen molar-refractivity contribution < 1.29 is 39.0 Å². The van der Waals surface area contributed by atoms with Crippen molar-refractivity contribution in [3.8, 4) is 23.0 Å². The number of hydrogen-bond acceptors (Lipinski definition) is 9. The van der Waals surface area contributed by atoms with Crippen LogP contribution in [0.2, 0.25) is 0 Å². The van der Waals surface area contributed by atoms with E-state index in [0.29, 0.717) is 22.5 Å². The molecule has 0 radical (unpaired) electrons. The number of carbonyl (C=O) groups excluding carboxylic acids is 3. The van der Waals surface area contributed by atoms with Crippen LogP contribution in [0.1, 0.15) is 5.56 Å². The second-order valence-corrected chi connectivity index (χ2v) is 6.15. The quantitative estimate of drug-likeness (QED) is 0.291. The van der Waals surface area contributed by atoms with Crippen LogP contribution in [0, 0.1) is 10.1 Å². The molecule has 2 aromatic rings. The highest BCUT2D eigenvalue weighted by atomic mass is 16.7. The van der Waals surface area contributed by atoms with Gasteiger partial charge in [-0.3, -0.25) is 25.0 Å². The molecule has 3 N–H and O–H groups in total. The second kappa shape index (κ2) is 6.77. The van der Waals surface area contributed by atoms with Crippen molar-refractivity contribution >= 4 is 35.3 Å². The van der Waals surface area contributed by atoms with Gasteiger partial charge in [-0.1, -0.05) is 0 Å². The van der Waals surface area contributed by atoms with E-state index in [1.54, 1.807) is 0 Å². The number of amides is 4. The summed E-state index contributed by atoms with van der Waals surface area (Å²) in [5.41, 5.74) is -1.51. The van der Waals surface area contributed by atoms with E-state index in [1.165, 1.54) is 18.2 Å². The number of nitrogens with one attached hydrogen (secondary N) is 1. The van der Waals surface area contributed by atoms with Crippen LogP contribution in [-0.2, 0) is 9.59 Å². The monoisotopic (exact) mass is 413 g/mol. The lowest BCUT2D eigenvalue weighted by atomic mass is 10.0. The number of nitrogens with zero attached hydrogens (tertiary/aromatic N) is 2. The van der Waals surface area contributed by atoms with E-state index < -0.39 is 45.5 Å². The number of urea groups is 1. The molecule has 1 fully saturated rings. The van der Waals surface area contributed by atoms with Gasteiger partial charge in [-0.2, -0.15) is 0 Å². The number of phenolic OH excluding ortho intramolecular Hbond substituents is 2. The molecule has 2 aliphatic rings. The first-order valence-corrected chi connectivity index (χ1v) is 8.27. The molecule has 0 spiro atoms. The summed E-state index contributed by atoms with van der Waals surface area (Å²) in [5.74, 6) is -2.79. The number of aromatic hydroxyl groups is 2. The summed E-state index contributed by atoms with van der Waals surface area (Å²) in [7, 11) is 0. The first-order chi connectivity index (χ1) is 14.3. The molecule has 1 saturated heterocycles. The van der Waals surface area contributed by atoms with Crippen LogP contribution in [-0.4, -0.2) is 39.8 Å². The number of ether oxygens (including phenoxy) is 2. The molecule has 0 saturated carbocycles.